The summed E-state index contributed by atoms with van der Waals surface area (Å²) in [5, 5.41) is 3.11. The van der Waals surface area contributed by atoms with Gasteiger partial charge in [0.15, 0.2) is 5.91 Å². The van der Waals surface area contributed by atoms with Gasteiger partial charge in [-0.3, -0.25) is 15.2 Å². The predicted octanol–water partition coefficient (Wildman–Crippen LogP) is 6.56. The third-order valence-electron chi connectivity index (χ3n) is 6.91. The van der Waals surface area contributed by atoms with E-state index in [9.17, 15) is 22.8 Å². The summed E-state index contributed by atoms with van der Waals surface area (Å²) in [6.07, 6.45) is -2.22. The molecule has 0 atom stereocenters. The van der Waals surface area contributed by atoms with Gasteiger partial charge in [-0.25, -0.2) is 11.0 Å². The van der Waals surface area contributed by atoms with Crippen LogP contribution in [-0.4, -0.2) is 24.5 Å². The molecule has 38 heavy (non-hydrogen) atoms. The van der Waals surface area contributed by atoms with Crippen molar-refractivity contribution >= 4 is 29.0 Å². The van der Waals surface area contributed by atoms with Crippen molar-refractivity contribution in [1.82, 2.24) is 5.32 Å². The zero-order valence-corrected chi connectivity index (χ0v) is 23.8. The normalized spacial score (nSPS) is 21.2. The average Bonchev–Trinajstić information content (AvgIpc) is 2.84. The van der Waals surface area contributed by atoms with Crippen molar-refractivity contribution in [2.24, 2.45) is 5.41 Å². The summed E-state index contributed by atoms with van der Waals surface area (Å²) < 4.78 is 43.7. The van der Waals surface area contributed by atoms with Crippen molar-refractivity contribution < 1.29 is 48.6 Å². The number of alkyl halides is 3. The molecular formula is C29H22F3NO3SW. The Bertz CT molecular complexity index is 1340. The molecule has 3 saturated carbocycles. The standard InChI is InChI=1S/C29H22F3NO3S.W/c1-19(37-23-10-8-22(9-11-23)29(30,31)32)25-13-21(20-5-3-2-4-6-20)7-12-24(25)26(35)33-28-14-27(15-28,16-28)17-36-18-34;/h1-12,18H,14-17H2,(H,33,35);/q-2;+2. The molecule has 0 aliphatic heterocycles. The second-order valence-corrected chi connectivity index (χ2v) is 10.8. The molecule has 0 saturated heterocycles. The Morgan fingerprint density at radius 1 is 1.05 bits per heavy atom. The predicted molar refractivity (Wildman–Crippen MR) is 134 cm³/mol. The number of hydrogen-bond donors (Lipinski definition) is 1. The molecule has 4 nitrogen and oxygen atoms in total. The molecule has 2 bridgehead atoms. The van der Waals surface area contributed by atoms with Crippen molar-refractivity contribution in [2.45, 2.75) is 35.9 Å². The monoisotopic (exact) mass is 705 g/mol. The number of carbonyl (C=O) groups is 2. The van der Waals surface area contributed by atoms with Crippen LogP contribution in [0.1, 0.15) is 40.7 Å². The third kappa shape index (κ3) is 5.62. The molecule has 3 aromatic rings. The summed E-state index contributed by atoms with van der Waals surface area (Å²) in [5.41, 5.74) is 1.22. The molecule has 1 N–H and O–H groups in total. The fourth-order valence-electron chi connectivity index (χ4n) is 5.36. The van der Waals surface area contributed by atoms with E-state index in [1.807, 2.05) is 30.3 Å². The molecule has 3 fully saturated rings. The summed E-state index contributed by atoms with van der Waals surface area (Å²) in [6, 6.07) is 20.9. The topological polar surface area (TPSA) is 55.4 Å². The van der Waals surface area contributed by atoms with Crippen molar-refractivity contribution in [1.29, 1.82) is 0 Å². The Labute approximate surface area is 237 Å². The van der Waals surface area contributed by atoms with Gasteiger partial charge in [0.2, 0.25) is 0 Å². The van der Waals surface area contributed by atoms with Crippen LogP contribution in [0.2, 0.25) is 0 Å². The smallest absolute Gasteiger partial charge is 0.467 e. The third-order valence-corrected chi connectivity index (χ3v) is 7.84. The van der Waals surface area contributed by atoms with Gasteiger partial charge in [-0.05, 0) is 43.5 Å². The molecule has 0 heterocycles. The summed E-state index contributed by atoms with van der Waals surface area (Å²) in [6.45, 7) is 7.22. The van der Waals surface area contributed by atoms with E-state index in [1.165, 1.54) is 12.1 Å². The Morgan fingerprint density at radius 2 is 1.71 bits per heavy atom. The Balaban J connectivity index is 0.00000336. The molecular weight excluding hydrogens is 683 g/mol. The summed E-state index contributed by atoms with van der Waals surface area (Å²) in [5.74, 6) is -0.300. The van der Waals surface area contributed by atoms with Crippen molar-refractivity contribution in [3.8, 4) is 11.1 Å². The van der Waals surface area contributed by atoms with Gasteiger partial charge in [-0.15, -0.1) is 23.3 Å². The van der Waals surface area contributed by atoms with Crippen LogP contribution in [0.15, 0.2) is 71.6 Å². The molecule has 0 unspecified atom stereocenters. The average molecular weight is 705 g/mol. The maximum atomic E-state index is 13.4. The first-order valence-electron chi connectivity index (χ1n) is 11.6. The van der Waals surface area contributed by atoms with Gasteiger partial charge in [-0.1, -0.05) is 35.9 Å². The molecule has 0 aromatic heterocycles. The molecule has 3 aromatic carbocycles. The van der Waals surface area contributed by atoms with Gasteiger partial charge in [0.05, 0.1) is 12.2 Å². The van der Waals surface area contributed by atoms with E-state index in [1.54, 1.807) is 12.1 Å². The van der Waals surface area contributed by atoms with Gasteiger partial charge in [0.1, 0.15) is 0 Å². The minimum Gasteiger partial charge on any atom is -0.467 e. The van der Waals surface area contributed by atoms with Crippen molar-refractivity contribution in [3.05, 3.63) is 96.1 Å². The second-order valence-electron chi connectivity index (χ2n) is 9.69. The zero-order chi connectivity index (χ0) is 26.3. The molecule has 194 valence electrons. The summed E-state index contributed by atoms with van der Waals surface area (Å²) in [4.78, 5) is 24.6. The number of nitrogens with one attached hydrogen (secondary N) is 1. The van der Waals surface area contributed by atoms with Crippen LogP contribution >= 0.6 is 11.8 Å². The van der Waals surface area contributed by atoms with Crippen LogP contribution in [0.4, 0.5) is 13.2 Å². The van der Waals surface area contributed by atoms with Gasteiger partial charge in [0.25, 0.3) is 6.47 Å². The summed E-state index contributed by atoms with van der Waals surface area (Å²) >= 11 is 1.07. The van der Waals surface area contributed by atoms with E-state index in [2.05, 4.69) is 11.4 Å². The molecule has 0 radical (unpaired) electrons. The van der Waals surface area contributed by atoms with Gasteiger partial charge < -0.3 is 16.6 Å². The van der Waals surface area contributed by atoms with E-state index >= 15 is 0 Å². The number of rotatable bonds is 9. The van der Waals surface area contributed by atoms with E-state index < -0.39 is 11.7 Å². The maximum Gasteiger partial charge on any atom is 2.00 e. The first-order valence-corrected chi connectivity index (χ1v) is 12.4. The fourth-order valence-corrected chi connectivity index (χ4v) is 6.15. The minimum atomic E-state index is -4.43. The number of benzene rings is 3. The van der Waals surface area contributed by atoms with E-state index in [4.69, 9.17) is 11.3 Å². The zero-order valence-electron chi connectivity index (χ0n) is 20.0. The van der Waals surface area contributed by atoms with Gasteiger partial charge >= 0.3 is 27.2 Å². The molecule has 3 aliphatic rings. The summed E-state index contributed by atoms with van der Waals surface area (Å²) in [7, 11) is 0. The fraction of sp³-hybridized carbons (Fsp3) is 0.241. The number of halogens is 3. The van der Waals surface area contributed by atoms with Gasteiger partial charge in [0, 0.05) is 15.8 Å². The first-order chi connectivity index (χ1) is 17.6. The number of carbonyl (C=O) groups excluding carboxylic acids is 2. The van der Waals surface area contributed by atoms with Gasteiger partial charge in [-0.2, -0.15) is 24.9 Å². The number of thioether (sulfide) groups is 1. The van der Waals surface area contributed by atoms with Crippen LogP contribution in [0, 0.1) is 18.1 Å². The largest absolute Gasteiger partial charge is 2.00 e. The Kier molecular flexibility index (Phi) is 7.96. The molecule has 0 spiro atoms. The van der Waals surface area contributed by atoms with Crippen molar-refractivity contribution in [2.75, 3.05) is 6.61 Å². The van der Waals surface area contributed by atoms with Crippen LogP contribution in [0.5, 0.6) is 0 Å². The SMILES string of the molecule is [CH-]=C(Sc1ccc(C(F)(F)F)cc1)c1[c-]c(-c2ccccc2)ccc1C(=O)NC12CC(COC=O)(C1)C2.[W+2]. The first kappa shape index (κ1) is 28.2. The van der Waals surface area contributed by atoms with E-state index in [0.29, 0.717) is 29.1 Å². The molecule has 1 amide bonds. The maximum absolute atomic E-state index is 13.4. The van der Waals surface area contributed by atoms with Crippen LogP contribution in [0.3, 0.4) is 0 Å². The minimum absolute atomic E-state index is 0. The molecule has 9 heteroatoms. The van der Waals surface area contributed by atoms with E-state index in [0.717, 1.165) is 54.3 Å². The van der Waals surface area contributed by atoms with E-state index in [-0.39, 0.29) is 42.8 Å². The Morgan fingerprint density at radius 3 is 2.32 bits per heavy atom. The van der Waals surface area contributed by atoms with Crippen LogP contribution in [-0.2, 0) is 36.8 Å². The number of hydrogen-bond acceptors (Lipinski definition) is 4. The number of amides is 1. The van der Waals surface area contributed by atoms with Crippen molar-refractivity contribution in [3.63, 3.8) is 0 Å². The molecule has 3 aliphatic carbocycles. The molecule has 6 rings (SSSR count). The van der Waals surface area contributed by atoms with Crippen LogP contribution < -0.4 is 5.32 Å². The Hall–Kier alpha value is -2.83. The number of ether oxygens (including phenoxy) is 1. The second kappa shape index (κ2) is 10.7. The van der Waals surface area contributed by atoms with Crippen LogP contribution in [0.25, 0.3) is 16.0 Å². The quantitative estimate of drug-likeness (QED) is 0.156.